The highest BCUT2D eigenvalue weighted by molar-refractivity contribution is 7.89. The van der Waals surface area contributed by atoms with Crippen molar-refractivity contribution in [1.82, 2.24) is 4.72 Å². The molecule has 0 radical (unpaired) electrons. The summed E-state index contributed by atoms with van der Waals surface area (Å²) in [5, 5.41) is 3.04. The molecule has 0 saturated carbocycles. The number of aryl methyl sites for hydroxylation is 2. The zero-order valence-electron chi connectivity index (χ0n) is 13.3. The van der Waals surface area contributed by atoms with E-state index in [1.807, 2.05) is 33.0 Å². The molecule has 0 fully saturated rings. The minimum absolute atomic E-state index is 0.114. The molecule has 0 aromatic heterocycles. The Morgan fingerprint density at radius 2 is 1.60 bits per heavy atom. The van der Waals surface area contributed by atoms with E-state index in [9.17, 15) is 8.42 Å². The SMILES string of the molecule is CNc1cc(C)c(S(=O)(=O)NCCC(C)(C)C)c(C)c1. The van der Waals surface area contributed by atoms with Crippen LogP contribution < -0.4 is 10.0 Å². The Kier molecular flexibility index (Phi) is 5.21. The third-order valence-electron chi connectivity index (χ3n) is 3.18. The molecule has 1 aromatic rings. The van der Waals surface area contributed by atoms with Gasteiger partial charge in [0.1, 0.15) is 0 Å². The third kappa shape index (κ3) is 4.49. The molecular formula is C15H26N2O2S. The molecule has 1 aromatic carbocycles. The predicted octanol–water partition coefficient (Wildman–Crippen LogP) is 3.06. The molecule has 0 atom stereocenters. The molecule has 0 saturated heterocycles. The Hall–Kier alpha value is -1.07. The van der Waals surface area contributed by atoms with E-state index in [0.717, 1.165) is 23.2 Å². The summed E-state index contributed by atoms with van der Waals surface area (Å²) in [5.41, 5.74) is 2.56. The van der Waals surface area contributed by atoms with Crippen molar-refractivity contribution in [3.05, 3.63) is 23.3 Å². The molecule has 5 heteroatoms. The maximum absolute atomic E-state index is 12.4. The van der Waals surface area contributed by atoms with Gasteiger partial charge in [-0.2, -0.15) is 0 Å². The van der Waals surface area contributed by atoms with Crippen LogP contribution in [0.25, 0.3) is 0 Å². The van der Waals surface area contributed by atoms with Crippen molar-refractivity contribution >= 4 is 15.7 Å². The Morgan fingerprint density at radius 3 is 2.00 bits per heavy atom. The molecule has 0 aliphatic heterocycles. The van der Waals surface area contributed by atoms with Crippen LogP contribution in [0.3, 0.4) is 0 Å². The van der Waals surface area contributed by atoms with Gasteiger partial charge in [0.05, 0.1) is 4.90 Å². The Labute approximate surface area is 123 Å². The number of hydrogen-bond acceptors (Lipinski definition) is 3. The molecule has 0 unspecified atom stereocenters. The number of nitrogens with one attached hydrogen (secondary N) is 2. The van der Waals surface area contributed by atoms with E-state index in [4.69, 9.17) is 0 Å². The number of rotatable bonds is 5. The van der Waals surface area contributed by atoms with Crippen molar-refractivity contribution in [2.45, 2.75) is 45.9 Å². The van der Waals surface area contributed by atoms with Gasteiger partial charge >= 0.3 is 0 Å². The van der Waals surface area contributed by atoms with Crippen LogP contribution in [-0.4, -0.2) is 22.0 Å². The fraction of sp³-hybridized carbons (Fsp3) is 0.600. The number of sulfonamides is 1. The van der Waals surface area contributed by atoms with E-state index in [1.165, 1.54) is 0 Å². The fourth-order valence-electron chi connectivity index (χ4n) is 2.15. The van der Waals surface area contributed by atoms with E-state index in [0.29, 0.717) is 11.4 Å². The molecule has 20 heavy (non-hydrogen) atoms. The summed E-state index contributed by atoms with van der Waals surface area (Å²) in [6.07, 6.45) is 0.804. The molecule has 0 aliphatic rings. The van der Waals surface area contributed by atoms with Gasteiger partial charge in [-0.15, -0.1) is 0 Å². The highest BCUT2D eigenvalue weighted by Crippen LogP contribution is 2.24. The second-order valence-corrected chi connectivity index (χ2v) is 8.10. The first-order valence-corrected chi connectivity index (χ1v) is 8.34. The molecule has 114 valence electrons. The van der Waals surface area contributed by atoms with Crippen molar-refractivity contribution in [2.24, 2.45) is 5.41 Å². The lowest BCUT2D eigenvalue weighted by atomic mass is 9.93. The first-order chi connectivity index (χ1) is 9.07. The van der Waals surface area contributed by atoms with Crippen molar-refractivity contribution in [3.8, 4) is 0 Å². The van der Waals surface area contributed by atoms with Crippen molar-refractivity contribution in [3.63, 3.8) is 0 Å². The summed E-state index contributed by atoms with van der Waals surface area (Å²) < 4.78 is 27.6. The van der Waals surface area contributed by atoms with E-state index in [2.05, 4.69) is 30.8 Å². The molecule has 4 nitrogen and oxygen atoms in total. The Balaban J connectivity index is 2.99. The molecule has 2 N–H and O–H groups in total. The molecular weight excluding hydrogens is 272 g/mol. The average molecular weight is 298 g/mol. The van der Waals surface area contributed by atoms with Gasteiger partial charge in [-0.05, 0) is 48.9 Å². The zero-order valence-corrected chi connectivity index (χ0v) is 14.1. The quantitative estimate of drug-likeness (QED) is 0.878. The molecule has 0 aliphatic carbocycles. The van der Waals surface area contributed by atoms with Crippen LogP contribution in [0, 0.1) is 19.3 Å². The lowest BCUT2D eigenvalue weighted by Gasteiger charge is -2.19. The van der Waals surface area contributed by atoms with E-state index in [1.54, 1.807) is 0 Å². The highest BCUT2D eigenvalue weighted by Gasteiger charge is 2.20. The number of anilines is 1. The van der Waals surface area contributed by atoms with Gasteiger partial charge in [0.25, 0.3) is 0 Å². The Morgan fingerprint density at radius 1 is 1.10 bits per heavy atom. The lowest BCUT2D eigenvalue weighted by Crippen LogP contribution is -2.28. The lowest BCUT2D eigenvalue weighted by molar-refractivity contribution is 0.378. The normalized spacial score (nSPS) is 12.5. The number of benzene rings is 1. The van der Waals surface area contributed by atoms with Crippen LogP contribution in [0.1, 0.15) is 38.3 Å². The Bertz CT molecular complexity index is 549. The van der Waals surface area contributed by atoms with E-state index < -0.39 is 10.0 Å². The number of hydrogen-bond donors (Lipinski definition) is 2. The van der Waals surface area contributed by atoms with Crippen LogP contribution in [0.15, 0.2) is 17.0 Å². The van der Waals surface area contributed by atoms with Crippen LogP contribution in [0.5, 0.6) is 0 Å². The van der Waals surface area contributed by atoms with Crippen molar-refractivity contribution < 1.29 is 8.42 Å². The van der Waals surface area contributed by atoms with Gasteiger partial charge in [-0.1, -0.05) is 20.8 Å². The first-order valence-electron chi connectivity index (χ1n) is 6.85. The third-order valence-corrected chi connectivity index (χ3v) is 4.95. The molecule has 0 spiro atoms. The van der Waals surface area contributed by atoms with Gasteiger partial charge < -0.3 is 5.32 Å². The van der Waals surface area contributed by atoms with Gasteiger partial charge in [0.2, 0.25) is 10.0 Å². The largest absolute Gasteiger partial charge is 0.388 e. The second kappa shape index (κ2) is 6.14. The van der Waals surface area contributed by atoms with Crippen LogP contribution in [-0.2, 0) is 10.0 Å². The van der Waals surface area contributed by atoms with Crippen LogP contribution >= 0.6 is 0 Å². The minimum atomic E-state index is -3.45. The summed E-state index contributed by atoms with van der Waals surface area (Å²) in [4.78, 5) is 0.394. The second-order valence-electron chi connectivity index (χ2n) is 6.40. The topological polar surface area (TPSA) is 58.2 Å². The minimum Gasteiger partial charge on any atom is -0.388 e. The maximum atomic E-state index is 12.4. The van der Waals surface area contributed by atoms with Crippen molar-refractivity contribution in [2.75, 3.05) is 18.9 Å². The molecule has 0 amide bonds. The summed E-state index contributed by atoms with van der Waals surface area (Å²) in [6, 6.07) is 3.71. The summed E-state index contributed by atoms with van der Waals surface area (Å²) in [6.45, 7) is 10.4. The predicted molar refractivity (Wildman–Crippen MR) is 84.7 cm³/mol. The van der Waals surface area contributed by atoms with Gasteiger partial charge in [-0.3, -0.25) is 0 Å². The molecule has 1 rings (SSSR count). The van der Waals surface area contributed by atoms with Crippen molar-refractivity contribution in [1.29, 1.82) is 0 Å². The molecule has 0 bridgehead atoms. The van der Waals surface area contributed by atoms with E-state index in [-0.39, 0.29) is 5.41 Å². The zero-order chi connectivity index (χ0) is 15.6. The maximum Gasteiger partial charge on any atom is 0.241 e. The smallest absolute Gasteiger partial charge is 0.241 e. The van der Waals surface area contributed by atoms with Gasteiger partial charge in [0, 0.05) is 19.3 Å². The standard InChI is InChI=1S/C15H26N2O2S/c1-11-9-13(16-6)10-12(2)14(11)20(18,19)17-8-7-15(3,4)5/h9-10,16-17H,7-8H2,1-6H3. The monoisotopic (exact) mass is 298 g/mol. The van der Waals surface area contributed by atoms with E-state index >= 15 is 0 Å². The fourth-order valence-corrected chi connectivity index (χ4v) is 3.63. The summed E-state index contributed by atoms with van der Waals surface area (Å²) in [7, 11) is -1.62. The van der Waals surface area contributed by atoms with Gasteiger partial charge in [0.15, 0.2) is 0 Å². The van der Waals surface area contributed by atoms with Gasteiger partial charge in [-0.25, -0.2) is 13.1 Å². The van der Waals surface area contributed by atoms with Crippen LogP contribution in [0.2, 0.25) is 0 Å². The molecule has 0 heterocycles. The summed E-state index contributed by atoms with van der Waals surface area (Å²) >= 11 is 0. The first kappa shape index (κ1) is 17.0. The summed E-state index contributed by atoms with van der Waals surface area (Å²) in [5.74, 6) is 0. The average Bonchev–Trinajstić information content (AvgIpc) is 2.25. The highest BCUT2D eigenvalue weighted by atomic mass is 32.2. The van der Waals surface area contributed by atoms with Crippen LogP contribution in [0.4, 0.5) is 5.69 Å².